The molecule has 1 aromatic carbocycles. The fourth-order valence-electron chi connectivity index (χ4n) is 1.30. The molecule has 0 aliphatic rings. The Morgan fingerprint density at radius 3 is 2.85 bits per heavy atom. The minimum Gasteiger partial charge on any atom is -0.306 e. The predicted octanol–water partition coefficient (Wildman–Crippen LogP) is 2.65. The van der Waals surface area contributed by atoms with E-state index < -0.39 is 0 Å². The van der Waals surface area contributed by atoms with Gasteiger partial charge in [0.1, 0.15) is 0 Å². The van der Waals surface area contributed by atoms with Crippen molar-refractivity contribution in [2.24, 2.45) is 0 Å². The molecule has 0 saturated carbocycles. The van der Waals surface area contributed by atoms with Crippen molar-refractivity contribution in [3.63, 3.8) is 0 Å². The standard InChI is InChI=1S/C11H10N.Rh/c1-8-5-6-10-4-3-7-12-11(10)9(8)2;/h3-5,7H,1-2H3;/q-1;. The summed E-state index contributed by atoms with van der Waals surface area (Å²) in [4.78, 5) is 4.31. The molecular weight excluding hydrogens is 249 g/mol. The van der Waals surface area contributed by atoms with Gasteiger partial charge in [-0.2, -0.15) is 0 Å². The molecule has 1 nitrogen and oxygen atoms in total. The van der Waals surface area contributed by atoms with E-state index in [0.717, 1.165) is 10.9 Å². The van der Waals surface area contributed by atoms with Gasteiger partial charge in [-0.25, -0.2) is 0 Å². The second-order valence-corrected chi connectivity index (χ2v) is 3.00. The average Bonchev–Trinajstić information content (AvgIpc) is 2.12. The third-order valence-corrected chi connectivity index (χ3v) is 2.20. The van der Waals surface area contributed by atoms with Crippen molar-refractivity contribution >= 4 is 10.9 Å². The summed E-state index contributed by atoms with van der Waals surface area (Å²) in [6.45, 7) is 4.18. The molecule has 0 fully saturated rings. The molecule has 1 radical (unpaired) electrons. The maximum absolute atomic E-state index is 4.31. The third kappa shape index (κ3) is 1.78. The molecule has 0 saturated heterocycles. The number of aryl methyl sites for hydroxylation is 2. The number of hydrogen-bond donors (Lipinski definition) is 0. The van der Waals surface area contributed by atoms with Gasteiger partial charge in [0.05, 0.1) is 0 Å². The molecule has 2 aromatic rings. The van der Waals surface area contributed by atoms with E-state index in [4.69, 9.17) is 0 Å². The molecule has 2 rings (SSSR count). The van der Waals surface area contributed by atoms with Crippen molar-refractivity contribution in [2.45, 2.75) is 13.8 Å². The van der Waals surface area contributed by atoms with Gasteiger partial charge in [0.25, 0.3) is 0 Å². The average molecular weight is 259 g/mol. The largest absolute Gasteiger partial charge is 0.306 e. The minimum absolute atomic E-state index is 0. The van der Waals surface area contributed by atoms with Gasteiger partial charge in [-0.15, -0.1) is 34.7 Å². The summed E-state index contributed by atoms with van der Waals surface area (Å²) >= 11 is 0. The van der Waals surface area contributed by atoms with Crippen LogP contribution >= 0.6 is 0 Å². The van der Waals surface area contributed by atoms with Gasteiger partial charge in [0.15, 0.2) is 0 Å². The molecule has 69 valence electrons. The molecule has 0 atom stereocenters. The molecule has 0 aliphatic carbocycles. The second-order valence-electron chi connectivity index (χ2n) is 3.00. The van der Waals surface area contributed by atoms with E-state index in [1.54, 1.807) is 0 Å². The zero-order valence-corrected chi connectivity index (χ0v) is 9.23. The summed E-state index contributed by atoms with van der Waals surface area (Å²) < 4.78 is 0. The van der Waals surface area contributed by atoms with Gasteiger partial charge >= 0.3 is 0 Å². The van der Waals surface area contributed by atoms with Crippen LogP contribution in [-0.2, 0) is 19.5 Å². The molecule has 2 heteroatoms. The molecule has 0 amide bonds. The van der Waals surface area contributed by atoms with Gasteiger partial charge in [-0.1, -0.05) is 19.9 Å². The number of pyridine rings is 1. The Morgan fingerprint density at radius 2 is 2.08 bits per heavy atom. The van der Waals surface area contributed by atoms with E-state index in [1.807, 2.05) is 24.4 Å². The van der Waals surface area contributed by atoms with E-state index in [1.165, 1.54) is 11.1 Å². The quantitative estimate of drug-likeness (QED) is 0.523. The van der Waals surface area contributed by atoms with Crippen LogP contribution in [0.3, 0.4) is 0 Å². The van der Waals surface area contributed by atoms with Crippen molar-refractivity contribution in [1.29, 1.82) is 0 Å². The zero-order valence-electron chi connectivity index (χ0n) is 7.59. The van der Waals surface area contributed by atoms with Crippen LogP contribution in [-0.4, -0.2) is 4.98 Å². The van der Waals surface area contributed by atoms with Crippen molar-refractivity contribution in [2.75, 3.05) is 0 Å². The first-order valence-electron chi connectivity index (χ1n) is 4.01. The van der Waals surface area contributed by atoms with Gasteiger partial charge in [-0.05, 0) is 5.52 Å². The summed E-state index contributed by atoms with van der Waals surface area (Å²) in [5.41, 5.74) is 3.57. The fourth-order valence-corrected chi connectivity index (χ4v) is 1.30. The Kier molecular flexibility index (Phi) is 3.16. The predicted molar refractivity (Wildman–Crippen MR) is 50.1 cm³/mol. The summed E-state index contributed by atoms with van der Waals surface area (Å²) in [7, 11) is 0. The zero-order chi connectivity index (χ0) is 8.55. The van der Waals surface area contributed by atoms with E-state index in [0.29, 0.717) is 0 Å². The number of hydrogen-bond acceptors (Lipinski definition) is 1. The van der Waals surface area contributed by atoms with Gasteiger partial charge in [0.2, 0.25) is 0 Å². The van der Waals surface area contributed by atoms with Gasteiger partial charge in [-0.3, -0.25) is 0 Å². The number of benzene rings is 1. The molecular formula is C11H10NRh-. The van der Waals surface area contributed by atoms with Crippen molar-refractivity contribution < 1.29 is 19.5 Å². The van der Waals surface area contributed by atoms with Crippen LogP contribution in [0.1, 0.15) is 11.1 Å². The number of fused-ring (bicyclic) bond motifs is 1. The molecule has 0 spiro atoms. The third-order valence-electron chi connectivity index (χ3n) is 2.20. The van der Waals surface area contributed by atoms with Crippen molar-refractivity contribution in [3.05, 3.63) is 41.6 Å². The van der Waals surface area contributed by atoms with E-state index in [9.17, 15) is 0 Å². The van der Waals surface area contributed by atoms with Gasteiger partial charge in [0, 0.05) is 25.7 Å². The number of rotatable bonds is 0. The minimum atomic E-state index is 0. The Labute approximate surface area is 90.9 Å². The smallest absolute Gasteiger partial charge is 0.00686 e. The maximum Gasteiger partial charge on any atom is 0.00686 e. The van der Waals surface area contributed by atoms with E-state index >= 15 is 0 Å². The number of aromatic nitrogens is 1. The Bertz CT molecular complexity index is 423. The Morgan fingerprint density at radius 1 is 1.31 bits per heavy atom. The molecule has 13 heavy (non-hydrogen) atoms. The van der Waals surface area contributed by atoms with Crippen LogP contribution in [0.25, 0.3) is 10.9 Å². The molecule has 1 heterocycles. The van der Waals surface area contributed by atoms with E-state index in [2.05, 4.69) is 24.9 Å². The van der Waals surface area contributed by atoms with Crippen LogP contribution in [0.2, 0.25) is 0 Å². The first-order valence-corrected chi connectivity index (χ1v) is 4.01. The normalized spacial score (nSPS) is 9.69. The SMILES string of the molecule is Cc1c[c-]c2cccnc2c1C.[Rh]. The summed E-state index contributed by atoms with van der Waals surface area (Å²) in [6.07, 6.45) is 1.82. The van der Waals surface area contributed by atoms with Crippen LogP contribution in [0, 0.1) is 19.9 Å². The summed E-state index contributed by atoms with van der Waals surface area (Å²) in [6, 6.07) is 9.19. The first-order chi connectivity index (χ1) is 5.79. The molecule has 0 N–H and O–H groups in total. The first kappa shape index (κ1) is 10.3. The fraction of sp³-hybridized carbons (Fsp3) is 0.182. The summed E-state index contributed by atoms with van der Waals surface area (Å²) in [5.74, 6) is 0. The second kappa shape index (κ2) is 3.97. The number of nitrogens with zero attached hydrogens (tertiary/aromatic N) is 1. The Hall–Kier alpha value is -0.747. The van der Waals surface area contributed by atoms with E-state index in [-0.39, 0.29) is 19.5 Å². The maximum atomic E-state index is 4.31. The van der Waals surface area contributed by atoms with Gasteiger partial charge < -0.3 is 4.98 Å². The van der Waals surface area contributed by atoms with Crippen LogP contribution in [0.4, 0.5) is 0 Å². The molecule has 0 bridgehead atoms. The Balaban J connectivity index is 0.000000845. The monoisotopic (exact) mass is 259 g/mol. The van der Waals surface area contributed by atoms with Crippen LogP contribution < -0.4 is 0 Å². The van der Waals surface area contributed by atoms with Crippen molar-refractivity contribution in [3.8, 4) is 0 Å². The summed E-state index contributed by atoms with van der Waals surface area (Å²) in [5, 5.41) is 1.10. The van der Waals surface area contributed by atoms with Crippen LogP contribution in [0.5, 0.6) is 0 Å². The molecule has 1 aromatic heterocycles. The molecule has 0 aliphatic heterocycles. The topological polar surface area (TPSA) is 12.9 Å². The molecule has 0 unspecified atom stereocenters. The van der Waals surface area contributed by atoms with Crippen LogP contribution in [0.15, 0.2) is 24.4 Å². The van der Waals surface area contributed by atoms with Crippen molar-refractivity contribution in [1.82, 2.24) is 4.98 Å².